The van der Waals surface area contributed by atoms with E-state index < -0.39 is 0 Å². The van der Waals surface area contributed by atoms with Crippen molar-refractivity contribution in [3.05, 3.63) is 48.0 Å². The average molecular weight is 493 g/mol. The molecule has 8 heteroatoms. The van der Waals surface area contributed by atoms with Crippen LogP contribution in [0, 0.1) is 5.92 Å². The maximum absolute atomic E-state index is 6.50. The van der Waals surface area contributed by atoms with Crippen LogP contribution in [0.15, 0.2) is 42.5 Å². The lowest BCUT2D eigenvalue weighted by Crippen LogP contribution is -2.39. The number of fused-ring (bicyclic) bond motifs is 1. The zero-order valence-electron chi connectivity index (χ0n) is 21.2. The van der Waals surface area contributed by atoms with E-state index >= 15 is 0 Å². The number of benzene rings is 2. The normalized spacial score (nSPS) is 17.3. The van der Waals surface area contributed by atoms with Gasteiger partial charge in [-0.05, 0) is 50.2 Å². The third kappa shape index (κ3) is 5.82. The molecule has 1 saturated heterocycles. The molecule has 2 aromatic carbocycles. The maximum Gasteiger partial charge on any atom is 0.227 e. The number of nitrogens with two attached hydrogens (primary N) is 1. The molecular formula is C28H36N4O4. The van der Waals surface area contributed by atoms with E-state index in [2.05, 4.69) is 22.0 Å². The molecule has 1 aromatic heterocycles. The number of piperidine rings is 1. The number of ether oxygens (including phenoxy) is 4. The summed E-state index contributed by atoms with van der Waals surface area (Å²) in [6.07, 6.45) is 4.30. The fraction of sp³-hybridized carbons (Fsp3) is 0.500. The Bertz CT molecular complexity index is 1150. The summed E-state index contributed by atoms with van der Waals surface area (Å²) >= 11 is 0. The van der Waals surface area contributed by atoms with Crippen LogP contribution in [-0.2, 0) is 9.47 Å². The Kier molecular flexibility index (Phi) is 7.72. The molecule has 1 unspecified atom stereocenters. The topological polar surface area (TPSA) is 92.0 Å². The monoisotopic (exact) mass is 492 g/mol. The van der Waals surface area contributed by atoms with Crippen LogP contribution >= 0.6 is 0 Å². The van der Waals surface area contributed by atoms with E-state index in [0.29, 0.717) is 49.0 Å². The minimum Gasteiger partial charge on any atom is -0.493 e. The second kappa shape index (κ2) is 11.3. The van der Waals surface area contributed by atoms with Gasteiger partial charge in [0.2, 0.25) is 5.95 Å². The van der Waals surface area contributed by atoms with Crippen LogP contribution in [0.3, 0.4) is 0 Å². The summed E-state index contributed by atoms with van der Waals surface area (Å²) in [5.74, 6) is 3.10. The third-order valence-electron chi connectivity index (χ3n) is 6.90. The molecule has 3 aromatic rings. The Morgan fingerprint density at radius 2 is 1.81 bits per heavy atom. The fourth-order valence-corrected chi connectivity index (χ4v) is 4.58. The zero-order chi connectivity index (χ0) is 24.9. The van der Waals surface area contributed by atoms with E-state index in [-0.39, 0.29) is 12.2 Å². The van der Waals surface area contributed by atoms with E-state index in [1.54, 1.807) is 7.11 Å². The van der Waals surface area contributed by atoms with Crippen molar-refractivity contribution in [2.75, 3.05) is 50.7 Å². The van der Waals surface area contributed by atoms with Crippen molar-refractivity contribution in [2.45, 2.75) is 44.8 Å². The molecule has 36 heavy (non-hydrogen) atoms. The standard InChI is InChI=1S/C28H36N4O4/c1-3-34-18-26(20-7-5-4-6-8-20)36-21-11-13-32(14-12-21)28-30-23-16-24(33-2)25(35-17-19-9-10-19)15-22(23)27(29)31-28/h4-8,15-16,19,21,26H,3,9-14,17-18H2,1-2H3,(H2,29,30,31). The average Bonchev–Trinajstić information content (AvgIpc) is 3.75. The molecule has 2 aliphatic rings. The second-order valence-corrected chi connectivity index (χ2v) is 9.56. The minimum absolute atomic E-state index is 0.0703. The summed E-state index contributed by atoms with van der Waals surface area (Å²) in [6.45, 7) is 5.53. The molecule has 2 fully saturated rings. The third-order valence-corrected chi connectivity index (χ3v) is 6.90. The van der Waals surface area contributed by atoms with Gasteiger partial charge in [0.1, 0.15) is 11.9 Å². The number of methoxy groups -OCH3 is 1. The van der Waals surface area contributed by atoms with E-state index in [1.807, 2.05) is 37.3 Å². The highest BCUT2D eigenvalue weighted by atomic mass is 16.5. The van der Waals surface area contributed by atoms with Crippen LogP contribution in [0.2, 0.25) is 0 Å². The summed E-state index contributed by atoms with van der Waals surface area (Å²) in [5.41, 5.74) is 8.29. The van der Waals surface area contributed by atoms with Gasteiger partial charge in [-0.3, -0.25) is 0 Å². The Morgan fingerprint density at radius 3 is 2.50 bits per heavy atom. The molecule has 2 N–H and O–H groups in total. The predicted octanol–water partition coefficient (Wildman–Crippen LogP) is 4.77. The number of nitrogens with zero attached hydrogens (tertiary/aromatic N) is 3. The molecule has 2 heterocycles. The molecule has 1 saturated carbocycles. The zero-order valence-corrected chi connectivity index (χ0v) is 21.2. The Morgan fingerprint density at radius 1 is 1.03 bits per heavy atom. The van der Waals surface area contributed by atoms with E-state index in [1.165, 1.54) is 12.8 Å². The molecule has 0 amide bonds. The van der Waals surface area contributed by atoms with Gasteiger partial charge in [0, 0.05) is 31.1 Å². The first-order valence-electron chi connectivity index (χ1n) is 13.0. The largest absolute Gasteiger partial charge is 0.493 e. The number of hydrogen-bond acceptors (Lipinski definition) is 8. The first-order valence-corrected chi connectivity index (χ1v) is 13.0. The van der Waals surface area contributed by atoms with Crippen molar-refractivity contribution in [1.29, 1.82) is 0 Å². The van der Waals surface area contributed by atoms with Crippen LogP contribution in [0.4, 0.5) is 11.8 Å². The highest BCUT2D eigenvalue weighted by molar-refractivity contribution is 5.91. The SMILES string of the molecule is CCOCC(OC1CCN(c2nc(N)c3cc(OCC4CC4)c(OC)cc3n2)CC1)c1ccccc1. The molecule has 5 rings (SSSR count). The summed E-state index contributed by atoms with van der Waals surface area (Å²) in [7, 11) is 1.65. The number of nitrogen functional groups attached to an aromatic ring is 1. The van der Waals surface area contributed by atoms with Gasteiger partial charge in [0.25, 0.3) is 0 Å². The van der Waals surface area contributed by atoms with Crippen molar-refractivity contribution in [3.63, 3.8) is 0 Å². The molecule has 0 bridgehead atoms. The summed E-state index contributed by atoms with van der Waals surface area (Å²) in [6, 6.07) is 14.1. The number of anilines is 2. The maximum atomic E-state index is 6.50. The highest BCUT2D eigenvalue weighted by Crippen LogP contribution is 2.37. The molecule has 1 aliphatic heterocycles. The van der Waals surface area contributed by atoms with E-state index in [9.17, 15) is 0 Å². The molecule has 192 valence electrons. The van der Waals surface area contributed by atoms with E-state index in [4.69, 9.17) is 29.7 Å². The van der Waals surface area contributed by atoms with Gasteiger partial charge < -0.3 is 29.6 Å². The quantitative estimate of drug-likeness (QED) is 0.409. The van der Waals surface area contributed by atoms with Crippen molar-refractivity contribution in [2.24, 2.45) is 5.92 Å². The van der Waals surface area contributed by atoms with Crippen molar-refractivity contribution >= 4 is 22.7 Å². The summed E-state index contributed by atoms with van der Waals surface area (Å²) < 4.78 is 23.8. The smallest absolute Gasteiger partial charge is 0.227 e. The van der Waals surface area contributed by atoms with Gasteiger partial charge in [-0.2, -0.15) is 4.98 Å². The number of hydrogen-bond donors (Lipinski definition) is 1. The van der Waals surface area contributed by atoms with Gasteiger partial charge >= 0.3 is 0 Å². The van der Waals surface area contributed by atoms with Crippen molar-refractivity contribution in [3.8, 4) is 11.5 Å². The van der Waals surface area contributed by atoms with Gasteiger partial charge in [0.15, 0.2) is 11.5 Å². The lowest BCUT2D eigenvalue weighted by atomic mass is 10.1. The van der Waals surface area contributed by atoms with Crippen molar-refractivity contribution < 1.29 is 18.9 Å². The number of aromatic nitrogens is 2. The van der Waals surface area contributed by atoms with Crippen LogP contribution in [0.25, 0.3) is 10.9 Å². The summed E-state index contributed by atoms with van der Waals surface area (Å²) in [4.78, 5) is 11.6. The van der Waals surface area contributed by atoms with Crippen LogP contribution in [-0.4, -0.2) is 56.1 Å². The lowest BCUT2D eigenvalue weighted by Gasteiger charge is -2.34. The van der Waals surface area contributed by atoms with Crippen molar-refractivity contribution in [1.82, 2.24) is 9.97 Å². The molecule has 8 nitrogen and oxygen atoms in total. The molecule has 1 atom stereocenters. The first-order chi connectivity index (χ1) is 17.6. The molecule has 1 aliphatic carbocycles. The van der Waals surface area contributed by atoms with Gasteiger partial charge in [0.05, 0.1) is 31.9 Å². The highest BCUT2D eigenvalue weighted by Gasteiger charge is 2.26. The molecule has 0 radical (unpaired) electrons. The van der Waals surface area contributed by atoms with Gasteiger partial charge in [-0.25, -0.2) is 4.98 Å². The van der Waals surface area contributed by atoms with Gasteiger partial charge in [-0.1, -0.05) is 30.3 Å². The van der Waals surface area contributed by atoms with Crippen LogP contribution < -0.4 is 20.1 Å². The lowest BCUT2D eigenvalue weighted by molar-refractivity contribution is -0.0650. The minimum atomic E-state index is -0.0703. The Hall–Kier alpha value is -3.10. The van der Waals surface area contributed by atoms with Crippen LogP contribution in [0.5, 0.6) is 11.5 Å². The summed E-state index contributed by atoms with van der Waals surface area (Å²) in [5, 5.41) is 0.783. The molecule has 0 spiro atoms. The number of rotatable bonds is 11. The Labute approximate surface area is 212 Å². The first kappa shape index (κ1) is 24.6. The second-order valence-electron chi connectivity index (χ2n) is 9.56. The van der Waals surface area contributed by atoms with Crippen LogP contribution in [0.1, 0.15) is 44.3 Å². The molecular weight excluding hydrogens is 456 g/mol. The van der Waals surface area contributed by atoms with E-state index in [0.717, 1.165) is 42.4 Å². The van der Waals surface area contributed by atoms with Gasteiger partial charge in [-0.15, -0.1) is 0 Å². The Balaban J connectivity index is 1.26. The predicted molar refractivity (Wildman–Crippen MR) is 141 cm³/mol. The fourth-order valence-electron chi connectivity index (χ4n) is 4.58.